The molecule has 0 aliphatic heterocycles. The highest BCUT2D eigenvalue weighted by molar-refractivity contribution is 7.92. The number of nitrogens with zero attached hydrogens (tertiary/aromatic N) is 1. The Morgan fingerprint density at radius 3 is 2.50 bits per heavy atom. The van der Waals surface area contributed by atoms with Gasteiger partial charge in [-0.15, -0.1) is 0 Å². The molecule has 0 unspecified atom stereocenters. The summed E-state index contributed by atoms with van der Waals surface area (Å²) in [6.07, 6.45) is 1.72. The van der Waals surface area contributed by atoms with Crippen molar-refractivity contribution in [3.63, 3.8) is 0 Å². The van der Waals surface area contributed by atoms with E-state index in [1.807, 2.05) is 6.07 Å². The van der Waals surface area contributed by atoms with Crippen LogP contribution in [0, 0.1) is 0 Å². The maximum Gasteiger partial charge on any atom is 0.255 e. The van der Waals surface area contributed by atoms with E-state index in [9.17, 15) is 4.79 Å². The van der Waals surface area contributed by atoms with E-state index in [2.05, 4.69) is 0 Å². The summed E-state index contributed by atoms with van der Waals surface area (Å²) in [5.41, 5.74) is 0.726. The first kappa shape index (κ1) is 10.8. The van der Waals surface area contributed by atoms with Crippen molar-refractivity contribution in [2.45, 2.75) is 0 Å². The van der Waals surface area contributed by atoms with Gasteiger partial charge in [-0.3, -0.25) is 9.36 Å². The first-order valence-corrected chi connectivity index (χ1v) is 5.43. The molecule has 0 bridgehead atoms. The van der Waals surface area contributed by atoms with Crippen molar-refractivity contribution in [2.24, 2.45) is 5.14 Å². The van der Waals surface area contributed by atoms with E-state index >= 15 is 0 Å². The highest BCUT2D eigenvalue weighted by Crippen LogP contribution is 2.16. The van der Waals surface area contributed by atoms with Gasteiger partial charge in [0.25, 0.3) is 5.56 Å². The van der Waals surface area contributed by atoms with E-state index in [0.717, 1.165) is 17.9 Å². The number of rotatable bonds is 3. The minimum absolute atomic E-state index is 0.0654. The lowest BCUT2D eigenvalue weighted by Crippen LogP contribution is -2.15. The summed E-state index contributed by atoms with van der Waals surface area (Å²) in [5.74, 6) is 0.653. The molecule has 1 heterocycles. The molecule has 0 aliphatic rings. The summed E-state index contributed by atoms with van der Waals surface area (Å²) in [6, 6.07) is 12.1. The lowest BCUT2D eigenvalue weighted by atomic mass is 10.3. The normalized spacial score (nSPS) is 10.1. The smallest absolute Gasteiger partial charge is 0.255 e. The van der Waals surface area contributed by atoms with Crippen molar-refractivity contribution >= 4 is 12.2 Å². The number of hydrogen-bond acceptors (Lipinski definition) is 4. The minimum atomic E-state index is -0.0654. The third-order valence-electron chi connectivity index (χ3n) is 2.08. The monoisotopic (exact) mass is 234 g/mol. The van der Waals surface area contributed by atoms with Crippen LogP contribution in [-0.2, 0) is 0 Å². The van der Waals surface area contributed by atoms with E-state index in [1.165, 1.54) is 6.07 Å². The van der Waals surface area contributed by atoms with Crippen molar-refractivity contribution in [2.75, 3.05) is 0 Å². The third-order valence-corrected chi connectivity index (χ3v) is 2.37. The van der Waals surface area contributed by atoms with Crippen LogP contribution in [0.15, 0.2) is 53.5 Å². The Labute approximate surface area is 97.0 Å². The fourth-order valence-electron chi connectivity index (χ4n) is 1.36. The zero-order valence-electron chi connectivity index (χ0n) is 8.37. The first-order chi connectivity index (χ1) is 7.81. The predicted molar refractivity (Wildman–Crippen MR) is 64.4 cm³/mol. The van der Waals surface area contributed by atoms with Crippen LogP contribution in [0.5, 0.6) is 5.75 Å². The fraction of sp³-hybridized carbons (Fsp3) is 0. The zero-order valence-corrected chi connectivity index (χ0v) is 9.18. The number of benzene rings is 1. The summed E-state index contributed by atoms with van der Waals surface area (Å²) in [4.78, 5) is 11.5. The van der Waals surface area contributed by atoms with Crippen LogP contribution in [0.25, 0.3) is 5.69 Å². The van der Waals surface area contributed by atoms with Crippen LogP contribution in [0.2, 0.25) is 0 Å². The Balaban J connectivity index is 2.35. The molecule has 0 radical (unpaired) electrons. The van der Waals surface area contributed by atoms with E-state index < -0.39 is 0 Å². The Hall–Kier alpha value is -1.72. The molecule has 0 amide bonds. The van der Waals surface area contributed by atoms with Gasteiger partial charge in [0.1, 0.15) is 18.0 Å². The second-order valence-electron chi connectivity index (χ2n) is 3.08. The molecule has 82 valence electrons. The molecule has 0 aliphatic carbocycles. The molecule has 2 N–H and O–H groups in total. The molecule has 2 aromatic rings. The predicted octanol–water partition coefficient (Wildman–Crippen LogP) is 1.74. The Morgan fingerprint density at radius 1 is 1.12 bits per heavy atom. The summed E-state index contributed by atoms with van der Waals surface area (Å²) in [7, 11) is 0. The van der Waals surface area contributed by atoms with Crippen LogP contribution in [0.1, 0.15) is 0 Å². The van der Waals surface area contributed by atoms with Crippen molar-refractivity contribution in [1.29, 1.82) is 0 Å². The van der Waals surface area contributed by atoms with Gasteiger partial charge in [-0.05, 0) is 30.3 Å². The van der Waals surface area contributed by atoms with Crippen molar-refractivity contribution in [3.8, 4) is 11.4 Å². The maximum atomic E-state index is 11.5. The third kappa shape index (κ3) is 2.26. The van der Waals surface area contributed by atoms with Gasteiger partial charge in [-0.1, -0.05) is 6.07 Å². The molecular formula is C11H10N2O2S. The molecule has 1 aromatic heterocycles. The fourth-order valence-corrected chi connectivity index (χ4v) is 1.58. The van der Waals surface area contributed by atoms with Gasteiger partial charge in [-0.2, -0.15) is 0 Å². The van der Waals surface area contributed by atoms with Gasteiger partial charge < -0.3 is 4.18 Å². The van der Waals surface area contributed by atoms with Crippen LogP contribution in [0.4, 0.5) is 0 Å². The van der Waals surface area contributed by atoms with E-state index in [1.54, 1.807) is 41.1 Å². The Morgan fingerprint density at radius 2 is 1.88 bits per heavy atom. The number of pyridine rings is 1. The molecule has 0 spiro atoms. The van der Waals surface area contributed by atoms with Gasteiger partial charge in [0, 0.05) is 18.0 Å². The standard InChI is InChI=1S/C11H10N2O2S/c12-16-15-10-6-4-9(5-7-10)13-8-2-1-3-11(13)14/h1-8H,12H2. The summed E-state index contributed by atoms with van der Waals surface area (Å²) < 4.78 is 6.59. The van der Waals surface area contributed by atoms with Crippen LogP contribution in [-0.4, -0.2) is 4.57 Å². The summed E-state index contributed by atoms with van der Waals surface area (Å²) >= 11 is 0.791. The summed E-state index contributed by atoms with van der Waals surface area (Å²) in [5, 5.41) is 5.17. The van der Waals surface area contributed by atoms with Crippen LogP contribution >= 0.6 is 12.2 Å². The van der Waals surface area contributed by atoms with Gasteiger partial charge in [0.05, 0.1) is 0 Å². The number of hydrogen-bond donors (Lipinski definition) is 1. The molecule has 0 atom stereocenters. The highest BCUT2D eigenvalue weighted by atomic mass is 32.2. The van der Waals surface area contributed by atoms with E-state index in [4.69, 9.17) is 9.32 Å². The second kappa shape index (κ2) is 4.87. The molecule has 0 saturated heterocycles. The van der Waals surface area contributed by atoms with Crippen molar-refractivity contribution < 1.29 is 4.18 Å². The zero-order chi connectivity index (χ0) is 11.4. The molecule has 2 rings (SSSR count). The molecule has 5 heteroatoms. The van der Waals surface area contributed by atoms with Crippen molar-refractivity contribution in [3.05, 3.63) is 59.0 Å². The molecule has 1 aromatic carbocycles. The highest BCUT2D eigenvalue weighted by Gasteiger charge is 1.98. The molecule has 0 saturated carbocycles. The van der Waals surface area contributed by atoms with E-state index in [-0.39, 0.29) is 5.56 Å². The molecule has 0 fully saturated rings. The molecule has 16 heavy (non-hydrogen) atoms. The van der Waals surface area contributed by atoms with Crippen molar-refractivity contribution in [1.82, 2.24) is 4.57 Å². The van der Waals surface area contributed by atoms with Crippen LogP contribution < -0.4 is 14.9 Å². The average molecular weight is 234 g/mol. The maximum absolute atomic E-state index is 11.5. The summed E-state index contributed by atoms with van der Waals surface area (Å²) in [6.45, 7) is 0. The SMILES string of the molecule is NSOc1ccc(-n2ccccc2=O)cc1. The molecule has 4 nitrogen and oxygen atoms in total. The number of nitrogens with two attached hydrogens (primary N) is 1. The lowest BCUT2D eigenvalue weighted by molar-refractivity contribution is 0.647. The number of aromatic nitrogens is 1. The van der Waals surface area contributed by atoms with Gasteiger partial charge in [-0.25, -0.2) is 5.14 Å². The Bertz CT molecular complexity index is 522. The van der Waals surface area contributed by atoms with Gasteiger partial charge in [0.2, 0.25) is 0 Å². The van der Waals surface area contributed by atoms with Gasteiger partial charge in [0.15, 0.2) is 0 Å². The Kier molecular flexibility index (Phi) is 3.28. The van der Waals surface area contributed by atoms with Crippen LogP contribution in [0.3, 0.4) is 0 Å². The topological polar surface area (TPSA) is 57.2 Å². The lowest BCUT2D eigenvalue weighted by Gasteiger charge is -2.05. The second-order valence-corrected chi connectivity index (χ2v) is 3.44. The first-order valence-electron chi connectivity index (χ1n) is 4.63. The molecular weight excluding hydrogens is 224 g/mol. The minimum Gasteiger partial charge on any atom is -0.410 e. The average Bonchev–Trinajstić information content (AvgIpc) is 2.31. The quantitative estimate of drug-likeness (QED) is 0.649. The van der Waals surface area contributed by atoms with E-state index in [0.29, 0.717) is 5.75 Å². The largest absolute Gasteiger partial charge is 0.410 e. The van der Waals surface area contributed by atoms with Gasteiger partial charge >= 0.3 is 0 Å².